The van der Waals surface area contributed by atoms with E-state index in [1.165, 1.54) is 24.3 Å². The molecule has 0 fully saturated rings. The van der Waals surface area contributed by atoms with Gasteiger partial charge < -0.3 is 5.11 Å². The number of H-pyrrole nitrogens is 1. The third-order valence-corrected chi connectivity index (χ3v) is 2.80. The molecule has 0 saturated carbocycles. The Bertz CT molecular complexity index is 784. The number of hydrogen-bond donors (Lipinski definition) is 2. The second-order valence-corrected chi connectivity index (χ2v) is 4.40. The van der Waals surface area contributed by atoms with Crippen LogP contribution in [0.2, 0.25) is 0 Å². The minimum atomic E-state index is -5.27. The summed E-state index contributed by atoms with van der Waals surface area (Å²) in [6.07, 6.45) is -10.6. The van der Waals surface area contributed by atoms with E-state index in [1.54, 1.807) is 11.2 Å². The van der Waals surface area contributed by atoms with Gasteiger partial charge in [0.15, 0.2) is 5.76 Å². The van der Waals surface area contributed by atoms with E-state index >= 15 is 0 Å². The first-order valence-electron chi connectivity index (χ1n) is 5.97. The van der Waals surface area contributed by atoms with E-state index in [4.69, 9.17) is 5.11 Å². The Hall–Kier alpha value is -2.65. The zero-order valence-corrected chi connectivity index (χ0v) is 11.0. The molecule has 1 aromatic heterocycles. The Morgan fingerprint density at radius 2 is 1.65 bits per heavy atom. The summed E-state index contributed by atoms with van der Waals surface area (Å²) in [5.74, 6) is -2.31. The molecule has 0 saturated heterocycles. The summed E-state index contributed by atoms with van der Waals surface area (Å²) >= 11 is 0. The van der Waals surface area contributed by atoms with E-state index in [2.05, 4.69) is 0 Å². The van der Waals surface area contributed by atoms with Gasteiger partial charge in [0.05, 0.1) is 11.3 Å². The second-order valence-electron chi connectivity index (χ2n) is 4.40. The zero-order valence-electron chi connectivity index (χ0n) is 11.0. The lowest BCUT2D eigenvalue weighted by Crippen LogP contribution is -2.17. The number of aliphatic hydroxyl groups is 1. The van der Waals surface area contributed by atoms with Crippen molar-refractivity contribution in [3.8, 4) is 5.69 Å². The number of allylic oxidation sites excluding steroid dienone is 1. The lowest BCUT2D eigenvalue weighted by molar-refractivity contribution is -0.141. The van der Waals surface area contributed by atoms with Crippen LogP contribution in [-0.4, -0.2) is 21.1 Å². The van der Waals surface area contributed by atoms with E-state index in [0.717, 1.165) is 0 Å². The van der Waals surface area contributed by atoms with Gasteiger partial charge >= 0.3 is 12.4 Å². The highest BCUT2D eigenvalue weighted by atomic mass is 19.4. The van der Waals surface area contributed by atoms with Gasteiger partial charge in [0, 0.05) is 6.08 Å². The highest BCUT2D eigenvalue weighted by Crippen LogP contribution is 2.32. The first-order chi connectivity index (χ1) is 10.5. The third-order valence-electron chi connectivity index (χ3n) is 2.80. The van der Waals surface area contributed by atoms with Gasteiger partial charge in [-0.15, -0.1) is 0 Å². The molecule has 10 heteroatoms. The van der Waals surface area contributed by atoms with E-state index < -0.39 is 34.9 Å². The molecule has 0 radical (unpaired) electrons. The highest BCUT2D eigenvalue weighted by Gasteiger charge is 2.40. The second kappa shape index (κ2) is 5.52. The Labute approximate surface area is 124 Å². The van der Waals surface area contributed by atoms with Crippen molar-refractivity contribution in [1.82, 2.24) is 9.78 Å². The topological polar surface area (TPSA) is 58.0 Å². The van der Waals surface area contributed by atoms with Gasteiger partial charge in [-0.1, -0.05) is 18.2 Å². The summed E-state index contributed by atoms with van der Waals surface area (Å²) in [4.78, 5) is 12.0. The largest absolute Gasteiger partial charge is 0.504 e. The van der Waals surface area contributed by atoms with Crippen molar-refractivity contribution in [3.63, 3.8) is 0 Å². The summed E-state index contributed by atoms with van der Waals surface area (Å²) in [6, 6.07) is 6.97. The maximum atomic E-state index is 12.9. The summed E-state index contributed by atoms with van der Waals surface area (Å²) in [5.41, 5.74) is -4.41. The van der Waals surface area contributed by atoms with Crippen molar-refractivity contribution in [2.45, 2.75) is 12.4 Å². The van der Waals surface area contributed by atoms with Crippen molar-refractivity contribution in [3.05, 3.63) is 57.7 Å². The average Bonchev–Trinajstić information content (AvgIpc) is 2.76. The number of nitrogens with one attached hydrogen (secondary N) is 1. The molecule has 23 heavy (non-hydrogen) atoms. The molecule has 2 N–H and O–H groups in total. The predicted molar refractivity (Wildman–Crippen MR) is 68.1 cm³/mol. The number of aliphatic hydroxyl groups excluding tert-OH is 1. The molecule has 4 nitrogen and oxygen atoms in total. The van der Waals surface area contributed by atoms with Crippen LogP contribution in [0, 0.1) is 0 Å². The number of rotatable bonds is 2. The lowest BCUT2D eigenvalue weighted by atomic mass is 10.2. The molecule has 0 unspecified atom stereocenters. The number of para-hydroxylation sites is 1. The molecule has 0 bridgehead atoms. The first kappa shape index (κ1) is 16.7. The minimum Gasteiger partial charge on any atom is -0.504 e. The van der Waals surface area contributed by atoms with E-state index in [0.29, 0.717) is 4.68 Å². The molecule has 0 aliphatic heterocycles. The fraction of sp³-hybridized carbons (Fsp3) is 0.154. The fourth-order valence-corrected chi connectivity index (χ4v) is 1.78. The van der Waals surface area contributed by atoms with Gasteiger partial charge in [0.25, 0.3) is 5.56 Å². The first-order valence-corrected chi connectivity index (χ1v) is 5.97. The molecule has 0 aliphatic carbocycles. The number of halogens is 6. The lowest BCUT2D eigenvalue weighted by Gasteiger charge is -2.06. The molecule has 0 spiro atoms. The van der Waals surface area contributed by atoms with Crippen LogP contribution in [0.25, 0.3) is 11.8 Å². The molecular formula is C13H8F6N2O2. The van der Waals surface area contributed by atoms with Gasteiger partial charge in [0.1, 0.15) is 5.69 Å². The molecule has 2 aromatic rings. The van der Waals surface area contributed by atoms with Crippen molar-refractivity contribution in [2.75, 3.05) is 0 Å². The molecule has 2 rings (SSSR count). The van der Waals surface area contributed by atoms with Crippen LogP contribution in [0.4, 0.5) is 26.3 Å². The molecule has 1 aromatic carbocycles. The number of aromatic amines is 1. The van der Waals surface area contributed by atoms with Crippen LogP contribution >= 0.6 is 0 Å². The maximum absolute atomic E-state index is 12.9. The van der Waals surface area contributed by atoms with E-state index in [-0.39, 0.29) is 11.8 Å². The number of alkyl halides is 6. The number of nitrogens with zero attached hydrogens (tertiary/aromatic N) is 1. The third kappa shape index (κ3) is 3.41. The number of hydrogen-bond acceptors (Lipinski definition) is 2. The molecule has 0 atom stereocenters. The van der Waals surface area contributed by atoms with Crippen molar-refractivity contribution < 1.29 is 31.4 Å². The Morgan fingerprint density at radius 3 is 2.13 bits per heavy atom. The monoisotopic (exact) mass is 338 g/mol. The van der Waals surface area contributed by atoms with Crippen LogP contribution in [-0.2, 0) is 6.18 Å². The SMILES string of the molecule is O=c1c(C=C(O)C(F)(F)F)c(C(F)(F)F)[nH]n1-c1ccccc1. The van der Waals surface area contributed by atoms with E-state index in [1.807, 2.05) is 0 Å². The van der Waals surface area contributed by atoms with Crippen molar-refractivity contribution >= 4 is 6.08 Å². The van der Waals surface area contributed by atoms with Crippen LogP contribution in [0.3, 0.4) is 0 Å². The fourth-order valence-electron chi connectivity index (χ4n) is 1.78. The van der Waals surface area contributed by atoms with E-state index in [9.17, 15) is 31.1 Å². The molecule has 1 heterocycles. The summed E-state index contributed by atoms with van der Waals surface area (Å²) < 4.78 is 76.1. The maximum Gasteiger partial charge on any atom is 0.448 e. The number of aromatic nitrogens is 2. The van der Waals surface area contributed by atoms with Crippen LogP contribution in [0.5, 0.6) is 0 Å². The van der Waals surface area contributed by atoms with Crippen LogP contribution in [0.15, 0.2) is 40.9 Å². The van der Waals surface area contributed by atoms with Gasteiger partial charge in [0.2, 0.25) is 0 Å². The minimum absolute atomic E-state index is 0.00542. The molecule has 0 amide bonds. The van der Waals surface area contributed by atoms with Gasteiger partial charge in [-0.2, -0.15) is 26.3 Å². The molecule has 124 valence electrons. The Balaban J connectivity index is 2.71. The summed E-state index contributed by atoms with van der Waals surface area (Å²) in [5, 5.41) is 10.6. The quantitative estimate of drug-likeness (QED) is 0.649. The van der Waals surface area contributed by atoms with Crippen LogP contribution < -0.4 is 5.56 Å². The summed E-state index contributed by atoms with van der Waals surface area (Å²) in [7, 11) is 0. The normalized spacial score (nSPS) is 13.4. The highest BCUT2D eigenvalue weighted by molar-refractivity contribution is 5.55. The van der Waals surface area contributed by atoms with Gasteiger partial charge in [-0.05, 0) is 12.1 Å². The molecule has 0 aliphatic rings. The molecular weight excluding hydrogens is 330 g/mol. The van der Waals surface area contributed by atoms with Gasteiger partial charge in [-0.3, -0.25) is 9.89 Å². The number of benzene rings is 1. The zero-order chi connectivity index (χ0) is 17.4. The van der Waals surface area contributed by atoms with Crippen LogP contribution in [0.1, 0.15) is 11.3 Å². The van der Waals surface area contributed by atoms with Crippen molar-refractivity contribution in [1.29, 1.82) is 0 Å². The summed E-state index contributed by atoms with van der Waals surface area (Å²) in [6.45, 7) is 0. The van der Waals surface area contributed by atoms with Gasteiger partial charge in [-0.25, -0.2) is 4.68 Å². The average molecular weight is 338 g/mol. The Morgan fingerprint density at radius 1 is 1.09 bits per heavy atom. The Kier molecular flexibility index (Phi) is 4.01. The smallest absolute Gasteiger partial charge is 0.448 e. The standard InChI is InChI=1S/C13H8F6N2O2/c14-12(15,16)9(22)6-8-10(13(17,18)19)20-21(11(8)23)7-4-2-1-3-5-7/h1-6,20,22H. The van der Waals surface area contributed by atoms with Crippen molar-refractivity contribution in [2.24, 2.45) is 0 Å². The predicted octanol–water partition coefficient (Wildman–Crippen LogP) is 3.65.